The van der Waals surface area contributed by atoms with Crippen molar-refractivity contribution in [1.29, 1.82) is 0 Å². The summed E-state index contributed by atoms with van der Waals surface area (Å²) in [5.74, 6) is -0.119. The van der Waals surface area contributed by atoms with Crippen molar-refractivity contribution < 1.29 is 4.79 Å². The van der Waals surface area contributed by atoms with Gasteiger partial charge in [-0.15, -0.1) is 0 Å². The Hall–Kier alpha value is -2.70. The lowest BCUT2D eigenvalue weighted by atomic mass is 10.2. The molecule has 0 bridgehead atoms. The Morgan fingerprint density at radius 2 is 1.96 bits per heavy atom. The quantitative estimate of drug-likeness (QED) is 0.447. The van der Waals surface area contributed by atoms with Crippen LogP contribution < -0.4 is 4.90 Å². The van der Waals surface area contributed by atoms with Crippen molar-refractivity contribution in [1.82, 2.24) is 14.8 Å². The van der Waals surface area contributed by atoms with Gasteiger partial charge in [0.2, 0.25) is 0 Å². The van der Waals surface area contributed by atoms with Crippen LogP contribution in [0.4, 0.5) is 5.13 Å². The highest BCUT2D eigenvalue weighted by molar-refractivity contribution is 7.22. The first-order chi connectivity index (χ1) is 13.6. The fourth-order valence-corrected chi connectivity index (χ4v) is 4.28. The third kappa shape index (κ3) is 3.41. The summed E-state index contributed by atoms with van der Waals surface area (Å²) in [6.07, 6.45) is 1.65. The molecule has 0 fully saturated rings. The minimum Gasteiger partial charge on any atom is -0.278 e. The number of carbonyl (C=O) groups excluding carboxylic acids is 1. The molecule has 0 saturated carbocycles. The SMILES string of the molecule is CCn1nccc1C(=O)N(Cc1ccccc1)c1nc2c(C)c(Cl)ccc2s1. The highest BCUT2D eigenvalue weighted by Gasteiger charge is 2.24. The Balaban J connectivity index is 1.81. The zero-order valence-corrected chi connectivity index (χ0v) is 17.2. The van der Waals surface area contributed by atoms with Crippen LogP contribution in [0.2, 0.25) is 5.02 Å². The standard InChI is InChI=1S/C21H19ClN4OS/c1-3-26-17(11-12-23-26)20(27)25(13-15-7-5-4-6-8-15)21-24-19-14(2)16(22)9-10-18(19)28-21/h4-12H,3,13H2,1-2H3. The molecule has 0 spiro atoms. The van der Waals surface area contributed by atoms with E-state index >= 15 is 0 Å². The first-order valence-corrected chi connectivity index (χ1v) is 10.2. The van der Waals surface area contributed by atoms with Crippen LogP contribution in [-0.2, 0) is 13.1 Å². The minimum atomic E-state index is -0.119. The molecule has 0 aliphatic heterocycles. The summed E-state index contributed by atoms with van der Waals surface area (Å²) >= 11 is 7.75. The monoisotopic (exact) mass is 410 g/mol. The molecule has 2 aromatic carbocycles. The van der Waals surface area contributed by atoms with Crippen LogP contribution in [-0.4, -0.2) is 20.7 Å². The fourth-order valence-electron chi connectivity index (χ4n) is 3.10. The van der Waals surface area contributed by atoms with Crippen LogP contribution in [0.3, 0.4) is 0 Å². The summed E-state index contributed by atoms with van der Waals surface area (Å²) in [6.45, 7) is 4.97. The lowest BCUT2D eigenvalue weighted by molar-refractivity contribution is 0.0975. The topological polar surface area (TPSA) is 51.0 Å². The molecule has 4 aromatic rings. The van der Waals surface area contributed by atoms with Crippen molar-refractivity contribution in [2.45, 2.75) is 26.9 Å². The maximum absolute atomic E-state index is 13.4. The van der Waals surface area contributed by atoms with Crippen LogP contribution in [0.1, 0.15) is 28.5 Å². The van der Waals surface area contributed by atoms with Crippen molar-refractivity contribution in [3.05, 3.63) is 76.6 Å². The Kier molecular flexibility index (Phi) is 5.15. The van der Waals surface area contributed by atoms with E-state index in [0.717, 1.165) is 21.3 Å². The fraction of sp³-hybridized carbons (Fsp3) is 0.190. The number of fused-ring (bicyclic) bond motifs is 1. The molecule has 5 nitrogen and oxygen atoms in total. The minimum absolute atomic E-state index is 0.119. The maximum Gasteiger partial charge on any atom is 0.278 e. The molecule has 142 valence electrons. The van der Waals surface area contributed by atoms with Gasteiger partial charge in [-0.2, -0.15) is 5.10 Å². The Labute approximate surface area is 172 Å². The summed E-state index contributed by atoms with van der Waals surface area (Å²) in [5, 5.41) is 5.57. The van der Waals surface area contributed by atoms with Crippen molar-refractivity contribution in [2.75, 3.05) is 4.90 Å². The van der Waals surface area contributed by atoms with Gasteiger partial charge in [-0.3, -0.25) is 14.4 Å². The van der Waals surface area contributed by atoms with E-state index in [9.17, 15) is 4.79 Å². The molecular formula is C21H19ClN4OS. The number of rotatable bonds is 5. The summed E-state index contributed by atoms with van der Waals surface area (Å²) in [6, 6.07) is 15.5. The van der Waals surface area contributed by atoms with Gasteiger partial charge < -0.3 is 0 Å². The predicted molar refractivity (Wildman–Crippen MR) is 114 cm³/mol. The second-order valence-electron chi connectivity index (χ2n) is 6.42. The number of thiazole rings is 1. The maximum atomic E-state index is 13.4. The summed E-state index contributed by atoms with van der Waals surface area (Å²) in [5.41, 5.74) is 3.34. The van der Waals surface area contributed by atoms with Crippen LogP contribution >= 0.6 is 22.9 Å². The van der Waals surface area contributed by atoms with E-state index < -0.39 is 0 Å². The van der Waals surface area contributed by atoms with Gasteiger partial charge in [-0.1, -0.05) is 53.3 Å². The number of nitrogens with zero attached hydrogens (tertiary/aromatic N) is 4. The van der Waals surface area contributed by atoms with Crippen molar-refractivity contribution in [3.8, 4) is 0 Å². The van der Waals surface area contributed by atoms with Gasteiger partial charge in [0.05, 0.1) is 16.8 Å². The molecule has 2 aromatic heterocycles. The molecule has 0 saturated heterocycles. The van der Waals surface area contributed by atoms with Crippen molar-refractivity contribution >= 4 is 44.2 Å². The van der Waals surface area contributed by atoms with Gasteiger partial charge in [0.15, 0.2) is 5.13 Å². The van der Waals surface area contributed by atoms with Crippen LogP contribution in [0, 0.1) is 6.92 Å². The van der Waals surface area contributed by atoms with Gasteiger partial charge in [0.25, 0.3) is 5.91 Å². The number of benzene rings is 2. The van der Waals surface area contributed by atoms with Gasteiger partial charge in [-0.05, 0) is 43.2 Å². The molecular weight excluding hydrogens is 392 g/mol. The average molecular weight is 411 g/mol. The zero-order chi connectivity index (χ0) is 19.7. The molecule has 0 radical (unpaired) electrons. The van der Waals surface area contributed by atoms with E-state index in [1.54, 1.807) is 21.8 Å². The van der Waals surface area contributed by atoms with Gasteiger partial charge >= 0.3 is 0 Å². The third-order valence-electron chi connectivity index (χ3n) is 4.63. The van der Waals surface area contributed by atoms with Crippen LogP contribution in [0.25, 0.3) is 10.2 Å². The number of amides is 1. The first-order valence-electron chi connectivity index (χ1n) is 9.01. The zero-order valence-electron chi connectivity index (χ0n) is 15.6. The van der Waals surface area contributed by atoms with Gasteiger partial charge in [0.1, 0.15) is 5.69 Å². The number of anilines is 1. The summed E-state index contributed by atoms with van der Waals surface area (Å²) in [4.78, 5) is 19.9. The van der Waals surface area contributed by atoms with E-state index in [1.807, 2.05) is 56.3 Å². The molecule has 0 aliphatic rings. The first kappa shape index (κ1) is 18.7. The molecule has 4 rings (SSSR count). The largest absolute Gasteiger partial charge is 0.278 e. The number of aromatic nitrogens is 3. The van der Waals surface area contributed by atoms with Crippen molar-refractivity contribution in [2.24, 2.45) is 0 Å². The lowest BCUT2D eigenvalue weighted by Gasteiger charge is -2.20. The second-order valence-corrected chi connectivity index (χ2v) is 7.84. The molecule has 0 unspecified atom stereocenters. The molecule has 0 aliphatic carbocycles. The number of carbonyl (C=O) groups is 1. The second kappa shape index (κ2) is 7.73. The number of aryl methyl sites for hydroxylation is 2. The molecule has 0 atom stereocenters. The average Bonchev–Trinajstić information content (AvgIpc) is 3.36. The van der Waals surface area contributed by atoms with E-state index in [-0.39, 0.29) is 5.91 Å². The Morgan fingerprint density at radius 1 is 1.18 bits per heavy atom. The van der Waals surface area contributed by atoms with Gasteiger partial charge in [0, 0.05) is 17.8 Å². The van der Waals surface area contributed by atoms with Gasteiger partial charge in [-0.25, -0.2) is 4.98 Å². The molecule has 2 heterocycles. The normalized spacial score (nSPS) is 11.1. The van der Waals surface area contributed by atoms with E-state index in [1.165, 1.54) is 11.3 Å². The Morgan fingerprint density at radius 3 is 2.71 bits per heavy atom. The van der Waals surface area contributed by atoms with E-state index in [4.69, 9.17) is 16.6 Å². The number of halogens is 1. The van der Waals surface area contributed by atoms with Crippen molar-refractivity contribution in [3.63, 3.8) is 0 Å². The molecule has 0 N–H and O–H groups in total. The number of hydrogen-bond acceptors (Lipinski definition) is 4. The highest BCUT2D eigenvalue weighted by atomic mass is 35.5. The molecule has 28 heavy (non-hydrogen) atoms. The molecule has 7 heteroatoms. The van der Waals surface area contributed by atoms with E-state index in [2.05, 4.69) is 5.10 Å². The van der Waals surface area contributed by atoms with Crippen LogP contribution in [0.5, 0.6) is 0 Å². The predicted octanol–water partition coefficient (Wildman–Crippen LogP) is 5.32. The highest BCUT2D eigenvalue weighted by Crippen LogP contribution is 2.34. The Bertz CT molecular complexity index is 1140. The lowest BCUT2D eigenvalue weighted by Crippen LogP contribution is -2.32. The summed E-state index contributed by atoms with van der Waals surface area (Å²) < 4.78 is 2.71. The smallest absolute Gasteiger partial charge is 0.278 e. The van der Waals surface area contributed by atoms with Crippen LogP contribution in [0.15, 0.2) is 54.7 Å². The third-order valence-corrected chi connectivity index (χ3v) is 6.08. The number of hydrogen-bond donors (Lipinski definition) is 0. The summed E-state index contributed by atoms with van der Waals surface area (Å²) in [7, 11) is 0. The molecule has 1 amide bonds. The van der Waals surface area contributed by atoms with E-state index in [0.29, 0.717) is 28.9 Å².